The number of nitrogens with two attached hydrogens (primary N) is 3. The number of aliphatic hydroxyl groups excluding tert-OH is 1. The van der Waals surface area contributed by atoms with Crippen LogP contribution in [0.1, 0.15) is 177 Å². The molecule has 35 heteroatoms. The molecule has 110 heavy (non-hydrogen) atoms. The molecular formula is C75H88N18O16S. The summed E-state index contributed by atoms with van der Waals surface area (Å²) in [5.74, 6) is 3.59. The lowest BCUT2D eigenvalue weighted by atomic mass is 10.0. The number of aromatic amines is 1. The number of nitrogens with one attached hydrogen (secondary N) is 1. The first-order valence-electron chi connectivity index (χ1n) is 33.4. The topological polar surface area (TPSA) is 511 Å². The smallest absolute Gasteiger partial charge is 0.313 e. The van der Waals surface area contributed by atoms with E-state index >= 15 is 0 Å². The number of carbonyl (C=O) groups is 7. The molecule has 0 radical (unpaired) electrons. The van der Waals surface area contributed by atoms with Crippen molar-refractivity contribution in [2.75, 3.05) is 44.3 Å². The van der Waals surface area contributed by atoms with Crippen LogP contribution in [0.5, 0.6) is 11.5 Å². The Morgan fingerprint density at radius 3 is 1.36 bits per heavy atom. The molecule has 0 amide bonds. The van der Waals surface area contributed by atoms with E-state index in [0.29, 0.717) is 121 Å². The van der Waals surface area contributed by atoms with Crippen LogP contribution < -0.4 is 43.4 Å². The molecule has 580 valence electrons. The van der Waals surface area contributed by atoms with E-state index in [9.17, 15) is 56.4 Å². The second-order valence-corrected chi connectivity index (χ2v) is 26.3. The molecule has 2 aromatic carbocycles. The molecule has 1 unspecified atom stereocenters. The van der Waals surface area contributed by atoms with E-state index < -0.39 is 33.0 Å². The summed E-state index contributed by atoms with van der Waals surface area (Å²) in [7, 11) is -0.512. The number of aldehydes is 1. The lowest BCUT2D eigenvalue weighted by Gasteiger charge is -2.15. The number of rotatable bonds is 16. The second-order valence-electron chi connectivity index (χ2n) is 24.4. The first-order chi connectivity index (χ1) is 51.7. The Morgan fingerprint density at radius 2 is 0.955 bits per heavy atom. The Morgan fingerprint density at radius 1 is 0.545 bits per heavy atom. The number of aliphatic hydroxyl groups is 1. The molecule has 0 spiro atoms. The number of aryl methyl sites for hydroxylation is 8. The van der Waals surface area contributed by atoms with E-state index in [1.165, 1.54) is 62.3 Å². The van der Waals surface area contributed by atoms with Crippen LogP contribution in [-0.2, 0) is 37.3 Å². The highest BCUT2D eigenvalue weighted by molar-refractivity contribution is 7.90. The van der Waals surface area contributed by atoms with E-state index in [1.807, 2.05) is 24.3 Å². The first kappa shape index (κ1) is 87.6. The molecule has 0 aliphatic carbocycles. The summed E-state index contributed by atoms with van der Waals surface area (Å²) >= 11 is 0. The van der Waals surface area contributed by atoms with Gasteiger partial charge in [-0.05, 0) is 156 Å². The van der Waals surface area contributed by atoms with Gasteiger partial charge in [0.05, 0.1) is 67.8 Å². The fraction of sp³-hybridized carbons (Fsp3) is 0.307. The van der Waals surface area contributed by atoms with Gasteiger partial charge in [0, 0.05) is 66.6 Å². The average Bonchev–Trinajstić information content (AvgIpc) is 0.763. The number of benzene rings is 2. The summed E-state index contributed by atoms with van der Waals surface area (Å²) in [6.45, 7) is 24.8. The summed E-state index contributed by atoms with van der Waals surface area (Å²) in [6.07, 6.45) is 9.95. The van der Waals surface area contributed by atoms with Crippen molar-refractivity contribution in [3.63, 3.8) is 0 Å². The zero-order valence-corrected chi connectivity index (χ0v) is 64.9. The molecule has 1 atom stereocenters. The van der Waals surface area contributed by atoms with Crippen molar-refractivity contribution in [2.45, 2.75) is 135 Å². The number of pyridine rings is 3. The van der Waals surface area contributed by atoms with Crippen molar-refractivity contribution in [1.82, 2.24) is 73.9 Å². The number of nitrogens with zero attached hydrogens (tertiary/aromatic N) is 14. The lowest BCUT2D eigenvalue weighted by Crippen LogP contribution is -2.29. The van der Waals surface area contributed by atoms with Crippen molar-refractivity contribution in [1.29, 1.82) is 0 Å². The van der Waals surface area contributed by atoms with E-state index in [0.717, 1.165) is 23.1 Å². The Bertz CT molecular complexity index is 5600. The predicted molar refractivity (Wildman–Crippen MR) is 412 cm³/mol. The van der Waals surface area contributed by atoms with Crippen molar-refractivity contribution in [3.05, 3.63) is 207 Å². The molecule has 0 saturated heterocycles. The van der Waals surface area contributed by atoms with Crippen LogP contribution in [0.2, 0.25) is 0 Å². The SMILES string of the molecule is CC(=O)c1c(C)c2cnc(C)nc2[nH]c1=O.CC(=O)c1cnc(C)nc1N.CCOC(=O)CC(C)=O.COc1ccc(Cn2c(=O)c(C(C)=O)c(C)c3cnc(C)nc32)cc1.COc1ccc(Cn2c(=O)c(C(C)=O)c(C)c3cnc(S(C)(=O)=O)nc32)cc1.Cc1ncc(C(C)O)c(N)n1.Cc1ncc(C=O)c(N)n1.[2HH]. The second kappa shape index (κ2) is 39.5. The molecule has 9 aromatic heterocycles. The van der Waals surface area contributed by atoms with E-state index in [-0.39, 0.29) is 88.0 Å². The van der Waals surface area contributed by atoms with Crippen LogP contribution in [0, 0.1) is 55.4 Å². The maximum absolute atomic E-state index is 13.0. The van der Waals surface area contributed by atoms with Crippen LogP contribution in [0.3, 0.4) is 0 Å². The third-order valence-corrected chi connectivity index (χ3v) is 16.5. The number of sulfone groups is 1. The number of hydrogen-bond donors (Lipinski definition) is 5. The number of esters is 1. The fourth-order valence-electron chi connectivity index (χ4n) is 10.3. The highest BCUT2D eigenvalue weighted by Crippen LogP contribution is 2.24. The molecule has 0 aliphatic rings. The molecular weight excluding hydrogens is 1440 g/mol. The van der Waals surface area contributed by atoms with Crippen LogP contribution in [0.15, 0.2) is 105 Å². The van der Waals surface area contributed by atoms with Gasteiger partial charge < -0.3 is 41.5 Å². The van der Waals surface area contributed by atoms with Crippen molar-refractivity contribution >= 4 is 102 Å². The summed E-state index contributed by atoms with van der Waals surface area (Å²) in [4.78, 5) is 165. The standard InChI is InChI=1S/C19H19N3O5S.C19H19N3O3.C11H11N3O2.C7H11N3O.C7H9N3O.C6H7N3O.C6H10O3.H2/c1-11-15-9-20-19(28(4,25)26)21-17(15)22(18(24)16(11)12(2)23)10-13-5-7-14(27-3)8-6-13;1-11-16-9-20-13(3)21-18(16)22(19(24)17(11)12(2)23)10-14-5-7-15(25-4)8-6-14;1-5-8-4-12-7(3)13-10(8)14-11(16)9(5)6(2)15;2*1-4(11)6-3-9-5(2)10-7(6)8;1-4-8-2-5(3-10)6(7)9-4;1-3-9-6(8)4-5(2)7;/h5-9H,10H2,1-4H3;5-9H,10H2,1-4H3;4H,1-3H3,(H,12,13,14,16);3-4,11H,1-2H3,(H2,8,9,10);3H,1-2H3,(H2,8,9,10);2-3H,1H3,(H2,7,8,9);3-4H2,1-2H3;1H/i;;;;;;;1+1. The van der Waals surface area contributed by atoms with Crippen LogP contribution >= 0.6 is 0 Å². The van der Waals surface area contributed by atoms with Gasteiger partial charge in [0.25, 0.3) is 16.7 Å². The first-order valence-corrected chi connectivity index (χ1v) is 35.3. The molecule has 9 heterocycles. The number of nitrogen functional groups attached to an aromatic ring is 3. The fourth-order valence-corrected chi connectivity index (χ4v) is 10.8. The Hall–Kier alpha value is -13.1. The monoisotopic (exact) mass is 1530 g/mol. The number of H-pyrrole nitrogens is 1. The third-order valence-electron chi connectivity index (χ3n) is 15.7. The predicted octanol–water partition coefficient (Wildman–Crippen LogP) is 7.51. The molecule has 11 rings (SSSR count). The van der Waals surface area contributed by atoms with Gasteiger partial charge in [0.2, 0.25) is 15.0 Å². The number of ketones is 5. The zero-order valence-electron chi connectivity index (χ0n) is 64.0. The van der Waals surface area contributed by atoms with Gasteiger partial charge in [0.1, 0.15) is 87.2 Å². The third kappa shape index (κ3) is 23.7. The number of ether oxygens (including phenoxy) is 3. The summed E-state index contributed by atoms with van der Waals surface area (Å²) < 4.78 is 41.4. The molecule has 0 aliphatic heterocycles. The molecule has 34 nitrogen and oxygen atoms in total. The van der Waals surface area contributed by atoms with Gasteiger partial charge in [-0.15, -0.1) is 0 Å². The highest BCUT2D eigenvalue weighted by atomic mass is 32.2. The number of aromatic nitrogens is 15. The zero-order chi connectivity index (χ0) is 82.3. The lowest BCUT2D eigenvalue weighted by molar-refractivity contribution is -0.145. The highest BCUT2D eigenvalue weighted by Gasteiger charge is 2.23. The maximum Gasteiger partial charge on any atom is 0.313 e. The van der Waals surface area contributed by atoms with E-state index in [1.54, 1.807) is 126 Å². The number of hydrogen-bond acceptors (Lipinski definition) is 31. The molecule has 0 fully saturated rings. The van der Waals surface area contributed by atoms with Gasteiger partial charge in [-0.2, -0.15) is 4.98 Å². The molecule has 8 N–H and O–H groups in total. The Kier molecular flexibility index (Phi) is 31.5. The van der Waals surface area contributed by atoms with Crippen LogP contribution in [0.4, 0.5) is 17.5 Å². The minimum absolute atomic E-state index is 0. The van der Waals surface area contributed by atoms with E-state index in [2.05, 4.69) is 69.5 Å². The minimum Gasteiger partial charge on any atom is -0.497 e. The average molecular weight is 1530 g/mol. The van der Waals surface area contributed by atoms with Gasteiger partial charge in [-0.1, -0.05) is 24.3 Å². The number of carbonyl (C=O) groups excluding carboxylic acids is 7. The van der Waals surface area contributed by atoms with Gasteiger partial charge in [-0.3, -0.25) is 57.1 Å². The number of Topliss-reactive ketones (excluding diaryl/α,β-unsaturated/α-hetero) is 5. The maximum atomic E-state index is 13.0. The number of fused-ring (bicyclic) bond motifs is 3. The largest absolute Gasteiger partial charge is 0.497 e. The molecule has 0 bridgehead atoms. The quantitative estimate of drug-likeness (QED) is 0.0205. The van der Waals surface area contributed by atoms with Crippen molar-refractivity contribution < 1.29 is 62.7 Å². The van der Waals surface area contributed by atoms with Crippen molar-refractivity contribution in [2.24, 2.45) is 0 Å². The van der Waals surface area contributed by atoms with E-state index in [4.69, 9.17) is 31.8 Å². The minimum atomic E-state index is -3.67. The summed E-state index contributed by atoms with van der Waals surface area (Å²) in [5, 5.41) is 10.6. The van der Waals surface area contributed by atoms with Gasteiger partial charge in [-0.25, -0.2) is 63.2 Å². The summed E-state index contributed by atoms with van der Waals surface area (Å²) in [6, 6.07) is 14.5. The Balaban J connectivity index is 0.000000285. The summed E-state index contributed by atoms with van der Waals surface area (Å²) in [5.41, 5.74) is 21.3. The molecule has 11 aromatic rings. The van der Waals surface area contributed by atoms with Gasteiger partial charge in [0.15, 0.2) is 29.4 Å². The van der Waals surface area contributed by atoms with Crippen molar-refractivity contribution in [3.8, 4) is 11.5 Å². The van der Waals surface area contributed by atoms with Crippen LogP contribution in [0.25, 0.3) is 33.1 Å². The number of methoxy groups -OCH3 is 2. The normalized spacial score (nSPS) is 10.8. The number of anilines is 3. The van der Waals surface area contributed by atoms with Gasteiger partial charge >= 0.3 is 5.97 Å². The molecule has 0 saturated carbocycles. The Labute approximate surface area is 632 Å². The van der Waals surface area contributed by atoms with Crippen LogP contribution in [-0.4, -0.2) is 156 Å².